The summed E-state index contributed by atoms with van der Waals surface area (Å²) in [6.45, 7) is 0. The van der Waals surface area contributed by atoms with Crippen molar-refractivity contribution in [2.45, 2.75) is 6.42 Å². The lowest BCUT2D eigenvalue weighted by Gasteiger charge is -1.90. The van der Waals surface area contributed by atoms with Crippen LogP contribution in [-0.2, 0) is 4.79 Å². The van der Waals surface area contributed by atoms with Crippen LogP contribution in [0.2, 0.25) is 0 Å². The molecule has 1 unspecified atom stereocenters. The second-order valence-corrected chi connectivity index (χ2v) is 2.98. The molecular formula is C8H8FOP. The van der Waals surface area contributed by atoms with Gasteiger partial charge in [0.25, 0.3) is 0 Å². The van der Waals surface area contributed by atoms with E-state index in [9.17, 15) is 9.18 Å². The van der Waals surface area contributed by atoms with Crippen molar-refractivity contribution in [2.24, 2.45) is 0 Å². The summed E-state index contributed by atoms with van der Waals surface area (Å²) >= 11 is 0. The molecule has 0 aromatic heterocycles. The van der Waals surface area contributed by atoms with Crippen LogP contribution in [0.4, 0.5) is 4.39 Å². The molecule has 11 heavy (non-hydrogen) atoms. The summed E-state index contributed by atoms with van der Waals surface area (Å²) in [5.74, 6) is -0.436. The quantitative estimate of drug-likeness (QED) is 0.435. The summed E-state index contributed by atoms with van der Waals surface area (Å²) in [5, 5.41) is 0.969. The molecule has 1 rings (SSSR count). The molecule has 0 saturated carbocycles. The van der Waals surface area contributed by atoms with Crippen LogP contribution in [0, 0.1) is 0 Å². The van der Waals surface area contributed by atoms with Gasteiger partial charge in [-0.1, -0.05) is 6.08 Å². The molecule has 0 aromatic rings. The first-order chi connectivity index (χ1) is 5.24. The smallest absolute Gasteiger partial charge is 0.152 e. The lowest BCUT2D eigenvalue weighted by atomic mass is 10.2. The van der Waals surface area contributed by atoms with Crippen LogP contribution in [0.15, 0.2) is 34.9 Å². The molecule has 0 spiro atoms. The monoisotopic (exact) mass is 170 g/mol. The minimum Gasteiger partial charge on any atom is -0.298 e. The Labute approximate surface area is 66.9 Å². The van der Waals surface area contributed by atoms with Crippen molar-refractivity contribution in [2.75, 3.05) is 0 Å². The molecule has 1 atom stereocenters. The third kappa shape index (κ3) is 2.09. The Morgan fingerprint density at radius 2 is 2.27 bits per heavy atom. The standard InChI is InChI=1S/C8H8FOP/c9-8-4-3-7(11)2-1-6(8)5-10/h1-2,4-5H,3,11H2. The maximum absolute atomic E-state index is 12.8. The molecule has 0 bridgehead atoms. The van der Waals surface area contributed by atoms with Crippen molar-refractivity contribution in [3.63, 3.8) is 0 Å². The van der Waals surface area contributed by atoms with Crippen molar-refractivity contribution in [3.05, 3.63) is 34.9 Å². The van der Waals surface area contributed by atoms with Crippen LogP contribution in [0.25, 0.3) is 0 Å². The highest BCUT2D eigenvalue weighted by molar-refractivity contribution is 7.22. The predicted molar refractivity (Wildman–Crippen MR) is 45.7 cm³/mol. The summed E-state index contributed by atoms with van der Waals surface area (Å²) in [4.78, 5) is 10.2. The van der Waals surface area contributed by atoms with Gasteiger partial charge in [0.2, 0.25) is 0 Å². The minimum atomic E-state index is -0.436. The Morgan fingerprint density at radius 1 is 1.55 bits per heavy atom. The molecule has 0 saturated heterocycles. The second-order valence-electron chi connectivity index (χ2n) is 2.24. The van der Waals surface area contributed by atoms with E-state index >= 15 is 0 Å². The van der Waals surface area contributed by atoms with Crippen LogP contribution < -0.4 is 0 Å². The Morgan fingerprint density at radius 3 is 2.91 bits per heavy atom. The van der Waals surface area contributed by atoms with Crippen LogP contribution in [-0.4, -0.2) is 6.29 Å². The SMILES string of the molecule is O=CC1=CC=C(P)CC=C1F. The number of aldehydes is 1. The van der Waals surface area contributed by atoms with Crippen molar-refractivity contribution in [1.29, 1.82) is 0 Å². The van der Waals surface area contributed by atoms with E-state index < -0.39 is 5.83 Å². The molecule has 1 aliphatic rings. The molecular weight excluding hydrogens is 162 g/mol. The zero-order valence-corrected chi connectivity index (χ0v) is 7.03. The van der Waals surface area contributed by atoms with E-state index in [1.54, 1.807) is 6.08 Å². The summed E-state index contributed by atoms with van der Waals surface area (Å²) in [5.41, 5.74) is 0.113. The lowest BCUT2D eigenvalue weighted by molar-refractivity contribution is -0.104. The maximum Gasteiger partial charge on any atom is 0.152 e. The fourth-order valence-corrected chi connectivity index (χ4v) is 0.979. The van der Waals surface area contributed by atoms with E-state index in [4.69, 9.17) is 0 Å². The minimum absolute atomic E-state index is 0.113. The Bertz CT molecular complexity index is 263. The van der Waals surface area contributed by atoms with Gasteiger partial charge in [0.05, 0.1) is 0 Å². The van der Waals surface area contributed by atoms with Gasteiger partial charge in [-0.15, -0.1) is 9.24 Å². The molecule has 0 aliphatic heterocycles. The summed E-state index contributed by atoms with van der Waals surface area (Å²) in [7, 11) is 2.48. The van der Waals surface area contributed by atoms with Crippen molar-refractivity contribution >= 4 is 15.5 Å². The highest BCUT2D eigenvalue weighted by atomic mass is 31.0. The van der Waals surface area contributed by atoms with Gasteiger partial charge < -0.3 is 0 Å². The maximum atomic E-state index is 12.8. The van der Waals surface area contributed by atoms with E-state index in [-0.39, 0.29) is 5.57 Å². The molecule has 3 heteroatoms. The Hall–Kier alpha value is -0.750. The first-order valence-electron chi connectivity index (χ1n) is 3.21. The van der Waals surface area contributed by atoms with Crippen molar-refractivity contribution < 1.29 is 9.18 Å². The van der Waals surface area contributed by atoms with Gasteiger partial charge in [-0.3, -0.25) is 4.79 Å². The molecule has 1 nitrogen and oxygen atoms in total. The molecule has 0 N–H and O–H groups in total. The van der Waals surface area contributed by atoms with Gasteiger partial charge in [-0.05, 0) is 23.9 Å². The number of carbonyl (C=O) groups excluding carboxylic acids is 1. The summed E-state index contributed by atoms with van der Waals surface area (Å²) < 4.78 is 12.8. The summed E-state index contributed by atoms with van der Waals surface area (Å²) in [6.07, 6.45) is 5.66. The van der Waals surface area contributed by atoms with Crippen LogP contribution in [0.5, 0.6) is 0 Å². The fraction of sp³-hybridized carbons (Fsp3) is 0.125. The Kier molecular flexibility index (Phi) is 2.72. The van der Waals surface area contributed by atoms with Gasteiger partial charge in [-0.2, -0.15) is 0 Å². The van der Waals surface area contributed by atoms with Crippen LogP contribution in [0.3, 0.4) is 0 Å². The van der Waals surface area contributed by atoms with E-state index in [0.717, 1.165) is 5.31 Å². The molecule has 0 amide bonds. The van der Waals surface area contributed by atoms with Gasteiger partial charge in [0.15, 0.2) is 6.29 Å². The number of allylic oxidation sites excluding steroid dienone is 6. The zero-order valence-electron chi connectivity index (χ0n) is 5.88. The third-order valence-electron chi connectivity index (χ3n) is 1.40. The third-order valence-corrected chi connectivity index (χ3v) is 1.82. The van der Waals surface area contributed by atoms with Gasteiger partial charge >= 0.3 is 0 Å². The van der Waals surface area contributed by atoms with Gasteiger partial charge in [0, 0.05) is 5.57 Å². The van der Waals surface area contributed by atoms with Crippen LogP contribution in [0.1, 0.15) is 6.42 Å². The number of halogens is 1. The number of carbonyl (C=O) groups is 1. The van der Waals surface area contributed by atoms with Gasteiger partial charge in [0.1, 0.15) is 5.83 Å². The molecule has 58 valence electrons. The fourth-order valence-electron chi connectivity index (χ4n) is 0.765. The zero-order chi connectivity index (χ0) is 8.27. The number of hydrogen-bond acceptors (Lipinski definition) is 1. The highest BCUT2D eigenvalue weighted by Crippen LogP contribution is 2.20. The number of hydrogen-bond donors (Lipinski definition) is 0. The second kappa shape index (κ2) is 3.59. The molecule has 0 fully saturated rings. The topological polar surface area (TPSA) is 17.1 Å². The average Bonchev–Trinajstić information content (AvgIpc) is 2.15. The molecule has 1 aliphatic carbocycles. The number of rotatable bonds is 1. The normalized spacial score (nSPS) is 17.8. The average molecular weight is 170 g/mol. The lowest BCUT2D eigenvalue weighted by Crippen LogP contribution is -1.82. The molecule has 0 heterocycles. The van der Waals surface area contributed by atoms with E-state index in [1.807, 2.05) is 0 Å². The van der Waals surface area contributed by atoms with E-state index in [1.165, 1.54) is 12.2 Å². The first-order valence-corrected chi connectivity index (χ1v) is 3.79. The van der Waals surface area contributed by atoms with Crippen molar-refractivity contribution in [3.8, 4) is 0 Å². The Balaban J connectivity index is 2.98. The predicted octanol–water partition coefficient (Wildman–Crippen LogP) is 2.13. The highest BCUT2D eigenvalue weighted by Gasteiger charge is 2.04. The molecule has 0 aromatic carbocycles. The largest absolute Gasteiger partial charge is 0.298 e. The van der Waals surface area contributed by atoms with Crippen molar-refractivity contribution in [1.82, 2.24) is 0 Å². The van der Waals surface area contributed by atoms with E-state index in [0.29, 0.717) is 12.7 Å². The van der Waals surface area contributed by atoms with Gasteiger partial charge in [-0.25, -0.2) is 4.39 Å². The van der Waals surface area contributed by atoms with Crippen LogP contribution >= 0.6 is 9.24 Å². The molecule has 0 radical (unpaired) electrons. The van der Waals surface area contributed by atoms with E-state index in [2.05, 4.69) is 9.24 Å². The first kappa shape index (κ1) is 8.35. The summed E-state index contributed by atoms with van der Waals surface area (Å²) in [6, 6.07) is 0.